The molecule has 0 spiro atoms. The number of fused-ring (bicyclic) bond motifs is 1. The highest BCUT2D eigenvalue weighted by molar-refractivity contribution is 5.93. The van der Waals surface area contributed by atoms with Crippen molar-refractivity contribution >= 4 is 28.6 Å². The number of ether oxygens (including phenoxy) is 3. The normalized spacial score (nSPS) is 23.6. The molecule has 3 aromatic carbocycles. The molecule has 228 valence electrons. The average Bonchev–Trinajstić information content (AvgIpc) is 3.55. The third-order valence-electron chi connectivity index (χ3n) is 8.30. The van der Waals surface area contributed by atoms with Gasteiger partial charge in [-0.1, -0.05) is 86.1 Å². The van der Waals surface area contributed by atoms with E-state index in [1.54, 1.807) is 0 Å². The Hall–Kier alpha value is -3.75. The second-order valence-electron chi connectivity index (χ2n) is 12.7. The van der Waals surface area contributed by atoms with Gasteiger partial charge in [-0.3, -0.25) is 14.5 Å². The Balaban J connectivity index is 1.28. The first-order chi connectivity index (χ1) is 20.6. The molecule has 8 heteroatoms. The second-order valence-corrected chi connectivity index (χ2v) is 12.7. The van der Waals surface area contributed by atoms with E-state index in [1.807, 2.05) is 87.2 Å². The Kier molecular flexibility index (Phi) is 9.18. The van der Waals surface area contributed by atoms with Crippen molar-refractivity contribution in [2.24, 2.45) is 5.92 Å². The molecule has 8 nitrogen and oxygen atoms in total. The van der Waals surface area contributed by atoms with Crippen LogP contribution in [0.25, 0.3) is 10.8 Å². The first-order valence-electron chi connectivity index (χ1n) is 15.2. The summed E-state index contributed by atoms with van der Waals surface area (Å²) in [4.78, 5) is 41.8. The smallest absolute Gasteiger partial charge is 0.332 e. The number of benzene rings is 3. The molecular formula is C35H42N2O6. The van der Waals surface area contributed by atoms with Crippen LogP contribution in [0, 0.1) is 5.92 Å². The van der Waals surface area contributed by atoms with E-state index in [2.05, 4.69) is 23.5 Å². The van der Waals surface area contributed by atoms with E-state index >= 15 is 0 Å². The molecule has 0 radical (unpaired) electrons. The van der Waals surface area contributed by atoms with E-state index in [4.69, 9.17) is 14.2 Å². The number of nitrogens with one attached hydrogen (secondary N) is 1. The van der Waals surface area contributed by atoms with Gasteiger partial charge in [0.2, 0.25) is 5.91 Å². The molecule has 1 saturated carbocycles. The Morgan fingerprint density at radius 3 is 2.40 bits per heavy atom. The fraction of sp³-hybridized carbons (Fsp3) is 0.457. The highest BCUT2D eigenvalue weighted by Crippen LogP contribution is 2.47. The van der Waals surface area contributed by atoms with Crippen molar-refractivity contribution in [1.82, 2.24) is 10.2 Å². The number of hydrogen-bond donors (Lipinski definition) is 1. The summed E-state index contributed by atoms with van der Waals surface area (Å²) in [6.07, 6.45) is 1.39. The second kappa shape index (κ2) is 12.9. The number of carbonyl (C=O) groups excluding carboxylic acids is 3. The van der Waals surface area contributed by atoms with Crippen molar-refractivity contribution in [3.63, 3.8) is 0 Å². The van der Waals surface area contributed by atoms with Gasteiger partial charge in [-0.2, -0.15) is 0 Å². The van der Waals surface area contributed by atoms with Crippen LogP contribution in [-0.4, -0.2) is 59.1 Å². The number of carbonyl (C=O) groups is 3. The van der Waals surface area contributed by atoms with Crippen LogP contribution in [0.3, 0.4) is 0 Å². The number of hydrogen-bond acceptors (Lipinski definition) is 7. The summed E-state index contributed by atoms with van der Waals surface area (Å²) in [7, 11) is 0. The summed E-state index contributed by atoms with van der Waals surface area (Å²) in [5, 5.41) is 5.31. The minimum absolute atomic E-state index is 0.00107. The van der Waals surface area contributed by atoms with E-state index in [0.29, 0.717) is 26.0 Å². The van der Waals surface area contributed by atoms with Crippen LogP contribution in [0.4, 0.5) is 0 Å². The Bertz CT molecular complexity index is 1450. The monoisotopic (exact) mass is 586 g/mol. The van der Waals surface area contributed by atoms with Gasteiger partial charge in [-0.05, 0) is 61.4 Å². The SMILES string of the molecule is CC[C@H]1C[C@]1(NC(=O)[C@@H]1C[C@@H](OCc2cccc3ccccc23)CN1CC(=O)OC(C)(C)C)C(=O)OCc1ccccc1. The van der Waals surface area contributed by atoms with Gasteiger partial charge in [0.25, 0.3) is 0 Å². The standard InChI is InChI=1S/C35H42N2O6/c1-5-27-19-35(27,33(40)42-22-24-12-7-6-8-13-24)36-32(39)30-18-28(20-37(30)21-31(38)43-34(2,3)4)41-23-26-16-11-15-25-14-9-10-17-29(25)26/h6-17,27-28,30H,5,18-23H2,1-4H3,(H,36,39)/t27-,28+,30-,35+/m0/s1. The fourth-order valence-electron chi connectivity index (χ4n) is 6.03. The number of likely N-dealkylation sites (tertiary alicyclic amines) is 1. The number of esters is 2. The van der Waals surface area contributed by atoms with Gasteiger partial charge < -0.3 is 19.5 Å². The lowest BCUT2D eigenvalue weighted by atomic mass is 10.1. The van der Waals surface area contributed by atoms with Gasteiger partial charge in [0, 0.05) is 6.54 Å². The minimum atomic E-state index is -1.06. The van der Waals surface area contributed by atoms with E-state index in [0.717, 1.165) is 28.3 Å². The molecule has 0 bridgehead atoms. The average molecular weight is 587 g/mol. The predicted molar refractivity (Wildman–Crippen MR) is 164 cm³/mol. The van der Waals surface area contributed by atoms with E-state index in [9.17, 15) is 14.4 Å². The Morgan fingerprint density at radius 2 is 1.67 bits per heavy atom. The first-order valence-corrected chi connectivity index (χ1v) is 15.2. The number of nitrogens with zero attached hydrogens (tertiary/aromatic N) is 1. The van der Waals surface area contributed by atoms with Crippen LogP contribution >= 0.6 is 0 Å². The van der Waals surface area contributed by atoms with E-state index in [1.165, 1.54) is 0 Å². The fourth-order valence-corrected chi connectivity index (χ4v) is 6.03. The largest absolute Gasteiger partial charge is 0.459 e. The van der Waals surface area contributed by atoms with Crippen molar-refractivity contribution in [3.05, 3.63) is 83.9 Å². The molecule has 1 amide bonds. The van der Waals surface area contributed by atoms with Gasteiger partial charge in [0.15, 0.2) is 0 Å². The molecule has 5 rings (SSSR count). The van der Waals surface area contributed by atoms with Gasteiger partial charge in [-0.25, -0.2) is 4.79 Å². The summed E-state index contributed by atoms with van der Waals surface area (Å²) in [5.41, 5.74) is 0.249. The molecule has 2 aliphatic rings. The van der Waals surface area contributed by atoms with Gasteiger partial charge in [0.05, 0.1) is 25.3 Å². The topological polar surface area (TPSA) is 94.2 Å². The molecule has 1 saturated heterocycles. The number of amides is 1. The van der Waals surface area contributed by atoms with Crippen molar-refractivity contribution in [2.45, 2.75) is 83.5 Å². The first kappa shape index (κ1) is 30.7. The zero-order chi connectivity index (χ0) is 30.6. The van der Waals surface area contributed by atoms with Crippen molar-refractivity contribution < 1.29 is 28.6 Å². The van der Waals surface area contributed by atoms with Crippen LogP contribution in [0.2, 0.25) is 0 Å². The zero-order valence-electron chi connectivity index (χ0n) is 25.5. The van der Waals surface area contributed by atoms with E-state index < -0.39 is 29.1 Å². The lowest BCUT2D eigenvalue weighted by Gasteiger charge is -2.27. The maximum Gasteiger partial charge on any atom is 0.332 e. The van der Waals surface area contributed by atoms with Crippen LogP contribution in [0.15, 0.2) is 72.8 Å². The Labute approximate surface area is 253 Å². The molecule has 3 aromatic rings. The molecule has 0 unspecified atom stereocenters. The summed E-state index contributed by atoms with van der Waals surface area (Å²) < 4.78 is 17.6. The molecule has 2 fully saturated rings. The molecule has 1 aliphatic heterocycles. The molecule has 1 N–H and O–H groups in total. The maximum atomic E-state index is 13.8. The van der Waals surface area contributed by atoms with Crippen LogP contribution in [0.5, 0.6) is 0 Å². The number of rotatable bonds is 11. The highest BCUT2D eigenvalue weighted by atomic mass is 16.6. The quantitative estimate of drug-likeness (QED) is 0.310. The molecular weight excluding hydrogens is 544 g/mol. The van der Waals surface area contributed by atoms with Crippen molar-refractivity contribution in [3.8, 4) is 0 Å². The summed E-state index contributed by atoms with van der Waals surface area (Å²) in [6.45, 7) is 8.33. The third-order valence-corrected chi connectivity index (χ3v) is 8.30. The van der Waals surface area contributed by atoms with Crippen LogP contribution < -0.4 is 5.32 Å². The zero-order valence-corrected chi connectivity index (χ0v) is 25.5. The molecule has 0 aromatic heterocycles. The van der Waals surface area contributed by atoms with Crippen LogP contribution in [-0.2, 0) is 41.8 Å². The lowest BCUT2D eigenvalue weighted by Crippen LogP contribution is -2.53. The van der Waals surface area contributed by atoms with E-state index in [-0.39, 0.29) is 31.1 Å². The van der Waals surface area contributed by atoms with Gasteiger partial charge in [0.1, 0.15) is 17.7 Å². The molecule has 4 atom stereocenters. The Morgan fingerprint density at radius 1 is 0.953 bits per heavy atom. The lowest BCUT2D eigenvalue weighted by molar-refractivity contribution is -0.157. The maximum absolute atomic E-state index is 13.8. The summed E-state index contributed by atoms with van der Waals surface area (Å²) in [5.74, 6) is -1.13. The summed E-state index contributed by atoms with van der Waals surface area (Å²) >= 11 is 0. The molecule has 43 heavy (non-hydrogen) atoms. The van der Waals surface area contributed by atoms with Crippen molar-refractivity contribution in [2.75, 3.05) is 13.1 Å². The highest BCUT2D eigenvalue weighted by Gasteiger charge is 2.62. The molecule has 1 heterocycles. The van der Waals surface area contributed by atoms with Crippen molar-refractivity contribution in [1.29, 1.82) is 0 Å². The summed E-state index contributed by atoms with van der Waals surface area (Å²) in [6, 6.07) is 23.1. The minimum Gasteiger partial charge on any atom is -0.459 e. The predicted octanol–water partition coefficient (Wildman–Crippen LogP) is 5.17. The van der Waals surface area contributed by atoms with Crippen LogP contribution in [0.1, 0.15) is 58.1 Å². The van der Waals surface area contributed by atoms with Gasteiger partial charge >= 0.3 is 11.9 Å². The third kappa shape index (κ3) is 7.43. The van der Waals surface area contributed by atoms with Gasteiger partial charge in [-0.15, -0.1) is 0 Å². The molecule has 1 aliphatic carbocycles.